The zero-order valence-corrected chi connectivity index (χ0v) is 17.8. The van der Waals surface area contributed by atoms with Gasteiger partial charge < -0.3 is 14.6 Å². The molecule has 4 nitrogen and oxygen atoms in total. The molecule has 0 aliphatic carbocycles. The van der Waals surface area contributed by atoms with Crippen molar-refractivity contribution in [3.05, 3.63) is 53.1 Å². The van der Waals surface area contributed by atoms with Gasteiger partial charge in [-0.25, -0.2) is 4.79 Å². The quantitative estimate of drug-likeness (QED) is 0.435. The van der Waals surface area contributed by atoms with Gasteiger partial charge in [0.25, 0.3) is 0 Å². The first kappa shape index (κ1) is 21.0. The van der Waals surface area contributed by atoms with Gasteiger partial charge in [-0.2, -0.15) is 0 Å². The second kappa shape index (κ2) is 8.73. The zero-order chi connectivity index (χ0) is 21.1. The number of phenolic OH excluding ortho intramolecular Hbond substituents is 1. The van der Waals surface area contributed by atoms with Crippen LogP contribution in [0.1, 0.15) is 73.5 Å². The van der Waals surface area contributed by atoms with Crippen LogP contribution in [0.5, 0.6) is 11.5 Å². The number of fused-ring (bicyclic) bond motifs is 1. The van der Waals surface area contributed by atoms with Gasteiger partial charge in [0.1, 0.15) is 17.1 Å². The molecular weight excluding hydrogens is 364 g/mol. The summed E-state index contributed by atoms with van der Waals surface area (Å²) >= 11 is 0. The number of hydrogen-bond donors (Lipinski definition) is 1. The summed E-state index contributed by atoms with van der Waals surface area (Å²) in [6, 6.07) is 7.71. The average Bonchev–Trinajstić information content (AvgIpc) is 2.67. The normalized spacial score (nSPS) is 15.4. The molecule has 29 heavy (non-hydrogen) atoms. The van der Waals surface area contributed by atoms with Crippen molar-refractivity contribution >= 4 is 11.5 Å². The summed E-state index contributed by atoms with van der Waals surface area (Å²) < 4.78 is 11.6. The number of benzene rings is 2. The highest BCUT2D eigenvalue weighted by Crippen LogP contribution is 2.47. The average molecular weight is 395 g/mol. The third-order valence-electron chi connectivity index (χ3n) is 5.32. The number of carbonyl (C=O) groups excluding carboxylic acids is 1. The number of phenols is 1. The first-order valence-electron chi connectivity index (χ1n) is 10.4. The monoisotopic (exact) mass is 394 g/mol. The van der Waals surface area contributed by atoms with Crippen LogP contribution in [0.2, 0.25) is 0 Å². The van der Waals surface area contributed by atoms with Crippen LogP contribution in [0, 0.1) is 6.92 Å². The molecule has 0 fully saturated rings. The Bertz CT molecular complexity index is 942. The first-order valence-corrected chi connectivity index (χ1v) is 10.4. The van der Waals surface area contributed by atoms with Gasteiger partial charge in [0.05, 0.1) is 5.56 Å². The Kier molecular flexibility index (Phi) is 6.31. The van der Waals surface area contributed by atoms with Crippen molar-refractivity contribution in [1.29, 1.82) is 0 Å². The molecule has 4 heteroatoms. The number of rotatable bonds is 7. The van der Waals surface area contributed by atoms with E-state index in [4.69, 9.17) is 9.47 Å². The minimum atomic E-state index is -0.655. The molecule has 0 radical (unpaired) electrons. The number of aromatic hydroxyl groups is 1. The number of ether oxygens (including phenoxy) is 2. The summed E-state index contributed by atoms with van der Waals surface area (Å²) in [5.74, 6) is 0.163. The molecule has 0 amide bonds. The third kappa shape index (κ3) is 4.16. The van der Waals surface area contributed by atoms with Crippen LogP contribution in [0.3, 0.4) is 0 Å². The molecule has 0 bridgehead atoms. The molecule has 1 N–H and O–H groups in total. The number of aryl methyl sites for hydroxylation is 2. The Morgan fingerprint density at radius 3 is 2.55 bits per heavy atom. The maximum Gasteiger partial charge on any atom is 0.345 e. The van der Waals surface area contributed by atoms with E-state index in [1.165, 1.54) is 0 Å². The fraction of sp³-hybridized carbons (Fsp3) is 0.400. The van der Waals surface area contributed by atoms with Crippen LogP contribution >= 0.6 is 0 Å². The van der Waals surface area contributed by atoms with Gasteiger partial charge in [-0.1, -0.05) is 62.6 Å². The van der Waals surface area contributed by atoms with Gasteiger partial charge in [0, 0.05) is 6.42 Å². The van der Waals surface area contributed by atoms with E-state index in [2.05, 4.69) is 13.5 Å². The molecule has 1 unspecified atom stereocenters. The van der Waals surface area contributed by atoms with Crippen molar-refractivity contribution < 1.29 is 19.4 Å². The standard InChI is InChI=1S/C25H30O4/c1-6-8-9-10-17-14-20(26)23(19-13-16(5)11-12-18(19)15(3)4)24-22(17)25(27)29-21(7-2)28-24/h11-14,21,26H,3,6-10H2,1-2,4-5H3. The molecule has 0 saturated carbocycles. The van der Waals surface area contributed by atoms with E-state index in [0.717, 1.165) is 47.1 Å². The van der Waals surface area contributed by atoms with Gasteiger partial charge >= 0.3 is 5.97 Å². The van der Waals surface area contributed by atoms with Gasteiger partial charge in [-0.3, -0.25) is 0 Å². The van der Waals surface area contributed by atoms with E-state index in [1.54, 1.807) is 6.07 Å². The fourth-order valence-corrected chi connectivity index (χ4v) is 3.80. The predicted octanol–water partition coefficient (Wildman–Crippen LogP) is 6.42. The van der Waals surface area contributed by atoms with E-state index in [1.807, 2.05) is 39.0 Å². The molecule has 0 saturated heterocycles. The molecule has 1 aliphatic heterocycles. The van der Waals surface area contributed by atoms with Gasteiger partial charge in [-0.15, -0.1) is 0 Å². The molecule has 3 rings (SSSR count). The molecule has 1 aliphatic rings. The second-order valence-corrected chi connectivity index (χ2v) is 7.78. The maximum atomic E-state index is 12.9. The highest BCUT2D eigenvalue weighted by molar-refractivity contribution is 6.00. The Balaban J connectivity index is 2.27. The van der Waals surface area contributed by atoms with Crippen molar-refractivity contribution in [3.8, 4) is 22.6 Å². The number of esters is 1. The second-order valence-electron chi connectivity index (χ2n) is 7.78. The SMILES string of the molecule is C=C(C)c1ccc(C)cc1-c1c(O)cc(CCCCC)c2c1OC(CC)OC2=O. The molecule has 1 atom stereocenters. The highest BCUT2D eigenvalue weighted by Gasteiger charge is 2.34. The summed E-state index contributed by atoms with van der Waals surface area (Å²) in [4.78, 5) is 12.9. The number of hydrogen-bond acceptors (Lipinski definition) is 4. The topological polar surface area (TPSA) is 55.8 Å². The molecule has 0 spiro atoms. The Morgan fingerprint density at radius 2 is 1.90 bits per heavy atom. The number of carbonyl (C=O) groups is 1. The van der Waals surface area contributed by atoms with Crippen LogP contribution in [0.25, 0.3) is 16.7 Å². The summed E-state index contributed by atoms with van der Waals surface area (Å²) in [6.45, 7) is 12.0. The minimum Gasteiger partial charge on any atom is -0.507 e. The van der Waals surface area contributed by atoms with E-state index in [9.17, 15) is 9.90 Å². The Labute approximate surface area is 173 Å². The lowest BCUT2D eigenvalue weighted by Crippen LogP contribution is -2.30. The van der Waals surface area contributed by atoms with Crippen molar-refractivity contribution in [2.75, 3.05) is 0 Å². The van der Waals surface area contributed by atoms with Crippen LogP contribution < -0.4 is 4.74 Å². The largest absolute Gasteiger partial charge is 0.507 e. The number of cyclic esters (lactones) is 1. The fourth-order valence-electron chi connectivity index (χ4n) is 3.80. The molecule has 2 aromatic rings. The van der Waals surface area contributed by atoms with Crippen LogP contribution in [-0.4, -0.2) is 17.4 Å². The van der Waals surface area contributed by atoms with Gasteiger partial charge in [0.15, 0.2) is 0 Å². The third-order valence-corrected chi connectivity index (χ3v) is 5.32. The van der Waals surface area contributed by atoms with Crippen molar-refractivity contribution in [1.82, 2.24) is 0 Å². The van der Waals surface area contributed by atoms with E-state index >= 15 is 0 Å². The lowest BCUT2D eigenvalue weighted by molar-refractivity contribution is -0.0611. The minimum absolute atomic E-state index is 0.118. The van der Waals surface area contributed by atoms with Gasteiger partial charge in [0.2, 0.25) is 6.29 Å². The van der Waals surface area contributed by atoms with E-state index in [-0.39, 0.29) is 11.7 Å². The van der Waals surface area contributed by atoms with Crippen LogP contribution in [0.15, 0.2) is 30.8 Å². The first-order chi connectivity index (χ1) is 13.9. The maximum absolute atomic E-state index is 12.9. The zero-order valence-electron chi connectivity index (χ0n) is 17.8. The summed E-state index contributed by atoms with van der Waals surface area (Å²) in [5, 5.41) is 11.0. The van der Waals surface area contributed by atoms with E-state index < -0.39 is 6.29 Å². The molecular formula is C25H30O4. The smallest absolute Gasteiger partial charge is 0.345 e. The van der Waals surface area contributed by atoms with E-state index in [0.29, 0.717) is 29.7 Å². The highest BCUT2D eigenvalue weighted by atomic mass is 16.7. The summed E-state index contributed by atoms with van der Waals surface area (Å²) in [5.41, 5.74) is 5.42. The Morgan fingerprint density at radius 1 is 1.14 bits per heavy atom. The lowest BCUT2D eigenvalue weighted by Gasteiger charge is -2.29. The number of unbranched alkanes of at least 4 members (excludes halogenated alkanes) is 2. The summed E-state index contributed by atoms with van der Waals surface area (Å²) in [7, 11) is 0. The molecule has 154 valence electrons. The number of allylic oxidation sites excluding steroid dienone is 1. The molecule has 1 heterocycles. The van der Waals surface area contributed by atoms with Crippen LogP contribution in [-0.2, 0) is 11.2 Å². The summed E-state index contributed by atoms with van der Waals surface area (Å²) in [6.07, 6.45) is 3.65. The lowest BCUT2D eigenvalue weighted by atomic mass is 9.88. The van der Waals surface area contributed by atoms with Crippen molar-refractivity contribution in [2.45, 2.75) is 66.1 Å². The predicted molar refractivity (Wildman–Crippen MR) is 116 cm³/mol. The van der Waals surface area contributed by atoms with Crippen molar-refractivity contribution in [3.63, 3.8) is 0 Å². The van der Waals surface area contributed by atoms with Crippen LogP contribution in [0.4, 0.5) is 0 Å². The molecule has 2 aromatic carbocycles. The van der Waals surface area contributed by atoms with Crippen molar-refractivity contribution in [2.24, 2.45) is 0 Å². The van der Waals surface area contributed by atoms with Gasteiger partial charge in [-0.05, 0) is 49.4 Å². The molecule has 0 aromatic heterocycles. The Hall–Kier alpha value is -2.75.